The van der Waals surface area contributed by atoms with Gasteiger partial charge in [0, 0.05) is 18.7 Å². The highest BCUT2D eigenvalue weighted by Crippen LogP contribution is 2.33. The Morgan fingerprint density at radius 1 is 1.31 bits per heavy atom. The molecule has 1 aliphatic heterocycles. The van der Waals surface area contributed by atoms with Gasteiger partial charge in [0.2, 0.25) is 0 Å². The normalized spacial score (nSPS) is 15.2. The van der Waals surface area contributed by atoms with Crippen LogP contribution >= 0.6 is 11.8 Å². The topological polar surface area (TPSA) is 37.8 Å². The smallest absolute Gasteiger partial charge is 0.307 e. The summed E-state index contributed by atoms with van der Waals surface area (Å²) in [6.45, 7) is 0.589. The highest BCUT2D eigenvalue weighted by atomic mass is 32.2. The van der Waals surface area contributed by atoms with Gasteiger partial charge in [0.05, 0.1) is 11.4 Å². The Hall–Kier alpha value is -0.820. The van der Waals surface area contributed by atoms with E-state index in [9.17, 15) is 13.2 Å². The summed E-state index contributed by atoms with van der Waals surface area (Å²) in [4.78, 5) is 7.73. The first kappa shape index (κ1) is 11.7. The molecule has 0 aliphatic carbocycles. The highest BCUT2D eigenvalue weighted by Gasteiger charge is 2.38. The van der Waals surface area contributed by atoms with Gasteiger partial charge < -0.3 is 5.32 Å². The lowest BCUT2D eigenvalue weighted by molar-refractivity contribution is -0.142. The molecule has 3 nitrogen and oxygen atoms in total. The molecule has 0 fully saturated rings. The summed E-state index contributed by atoms with van der Waals surface area (Å²) in [7, 11) is 0. The SMILES string of the molecule is CSCc1nc2c(c(C(F)(F)F)n1)CNC2. The maximum absolute atomic E-state index is 12.7. The summed E-state index contributed by atoms with van der Waals surface area (Å²) in [5.74, 6) is 0.651. The van der Waals surface area contributed by atoms with Crippen LogP contribution in [0.4, 0.5) is 13.2 Å². The molecule has 0 bridgehead atoms. The van der Waals surface area contributed by atoms with Crippen molar-refractivity contribution in [2.24, 2.45) is 0 Å². The van der Waals surface area contributed by atoms with E-state index in [0.717, 1.165) is 0 Å². The van der Waals surface area contributed by atoms with E-state index in [0.29, 0.717) is 18.0 Å². The zero-order valence-electron chi connectivity index (χ0n) is 8.56. The van der Waals surface area contributed by atoms with Crippen molar-refractivity contribution in [1.29, 1.82) is 0 Å². The monoisotopic (exact) mass is 249 g/mol. The number of hydrogen-bond donors (Lipinski definition) is 1. The van der Waals surface area contributed by atoms with Gasteiger partial charge in [-0.3, -0.25) is 0 Å². The van der Waals surface area contributed by atoms with E-state index in [-0.39, 0.29) is 17.9 Å². The molecular weight excluding hydrogens is 239 g/mol. The van der Waals surface area contributed by atoms with Crippen molar-refractivity contribution in [2.45, 2.75) is 25.0 Å². The van der Waals surface area contributed by atoms with Gasteiger partial charge in [0.25, 0.3) is 0 Å². The molecule has 0 unspecified atom stereocenters. The third kappa shape index (κ3) is 2.15. The molecule has 0 saturated carbocycles. The fourth-order valence-corrected chi connectivity index (χ4v) is 2.03. The molecule has 1 aromatic rings. The van der Waals surface area contributed by atoms with E-state index in [1.807, 2.05) is 6.26 Å². The second-order valence-corrected chi connectivity index (χ2v) is 4.31. The van der Waals surface area contributed by atoms with Crippen LogP contribution in [0.3, 0.4) is 0 Å². The standard InChI is InChI=1S/C9H10F3N3S/c1-16-4-7-14-6-3-13-2-5(6)8(15-7)9(10,11)12/h13H,2-4H2,1H3. The van der Waals surface area contributed by atoms with Crippen molar-refractivity contribution in [3.63, 3.8) is 0 Å². The molecule has 0 amide bonds. The predicted octanol–water partition coefficient (Wildman–Crippen LogP) is 1.96. The van der Waals surface area contributed by atoms with Crippen LogP contribution in [0.1, 0.15) is 22.8 Å². The minimum atomic E-state index is -4.40. The van der Waals surface area contributed by atoms with Crippen LogP contribution in [0, 0.1) is 0 Å². The summed E-state index contributed by atoms with van der Waals surface area (Å²) in [6.07, 6.45) is -2.59. The molecule has 1 aromatic heterocycles. The Labute approximate surface area is 94.9 Å². The van der Waals surface area contributed by atoms with Gasteiger partial charge in [-0.1, -0.05) is 0 Å². The zero-order chi connectivity index (χ0) is 11.8. The Morgan fingerprint density at radius 2 is 2.06 bits per heavy atom. The van der Waals surface area contributed by atoms with Gasteiger partial charge in [0.1, 0.15) is 5.82 Å². The van der Waals surface area contributed by atoms with Crippen molar-refractivity contribution in [3.8, 4) is 0 Å². The Balaban J connectivity index is 2.49. The van der Waals surface area contributed by atoms with Crippen molar-refractivity contribution in [2.75, 3.05) is 6.26 Å². The first-order valence-corrected chi connectivity index (χ1v) is 6.07. The molecule has 1 aliphatic rings. The maximum Gasteiger partial charge on any atom is 0.433 e. The predicted molar refractivity (Wildman–Crippen MR) is 54.8 cm³/mol. The van der Waals surface area contributed by atoms with E-state index in [4.69, 9.17) is 0 Å². The molecule has 0 spiro atoms. The minimum absolute atomic E-state index is 0.192. The van der Waals surface area contributed by atoms with Crippen LogP contribution in [-0.2, 0) is 25.0 Å². The molecule has 0 aromatic carbocycles. The van der Waals surface area contributed by atoms with Gasteiger partial charge >= 0.3 is 6.18 Å². The number of aromatic nitrogens is 2. The van der Waals surface area contributed by atoms with Crippen LogP contribution in [0.5, 0.6) is 0 Å². The van der Waals surface area contributed by atoms with Crippen LogP contribution < -0.4 is 5.32 Å². The summed E-state index contributed by atoms with van der Waals surface area (Å²) in [5, 5.41) is 2.86. The molecule has 2 heterocycles. The van der Waals surface area contributed by atoms with E-state index in [1.165, 1.54) is 11.8 Å². The molecule has 88 valence electrons. The number of nitrogens with zero attached hydrogens (tertiary/aromatic N) is 2. The molecule has 1 N–H and O–H groups in total. The number of rotatable bonds is 2. The first-order chi connectivity index (χ1) is 7.52. The van der Waals surface area contributed by atoms with Crippen molar-refractivity contribution in [1.82, 2.24) is 15.3 Å². The Kier molecular flexibility index (Phi) is 3.07. The summed E-state index contributed by atoms with van der Waals surface area (Å²) in [5.41, 5.74) is -0.115. The molecular formula is C9H10F3N3S. The lowest BCUT2D eigenvalue weighted by Gasteiger charge is -2.11. The molecule has 7 heteroatoms. The number of alkyl halides is 3. The minimum Gasteiger partial charge on any atom is -0.307 e. The lowest BCUT2D eigenvalue weighted by atomic mass is 10.2. The average Bonchev–Trinajstić information content (AvgIpc) is 2.63. The van der Waals surface area contributed by atoms with E-state index >= 15 is 0 Å². The van der Waals surface area contributed by atoms with Crippen LogP contribution in [0.15, 0.2) is 0 Å². The number of fused-ring (bicyclic) bond motifs is 1. The third-order valence-electron chi connectivity index (χ3n) is 2.28. The molecule has 0 atom stereocenters. The van der Waals surface area contributed by atoms with Crippen molar-refractivity contribution in [3.05, 3.63) is 22.8 Å². The number of hydrogen-bond acceptors (Lipinski definition) is 4. The van der Waals surface area contributed by atoms with Crippen LogP contribution in [0.25, 0.3) is 0 Å². The number of nitrogens with one attached hydrogen (secondary N) is 1. The maximum atomic E-state index is 12.7. The largest absolute Gasteiger partial charge is 0.433 e. The Bertz CT molecular complexity index is 406. The van der Waals surface area contributed by atoms with E-state index in [1.54, 1.807) is 0 Å². The molecule has 0 saturated heterocycles. The molecule has 16 heavy (non-hydrogen) atoms. The van der Waals surface area contributed by atoms with E-state index in [2.05, 4.69) is 15.3 Å². The third-order valence-corrected chi connectivity index (χ3v) is 2.82. The highest BCUT2D eigenvalue weighted by molar-refractivity contribution is 7.97. The first-order valence-electron chi connectivity index (χ1n) is 4.68. The van der Waals surface area contributed by atoms with Gasteiger partial charge in [-0.15, -0.1) is 0 Å². The second-order valence-electron chi connectivity index (χ2n) is 3.45. The summed E-state index contributed by atoms with van der Waals surface area (Å²) < 4.78 is 38.2. The van der Waals surface area contributed by atoms with Crippen LogP contribution in [0.2, 0.25) is 0 Å². The number of halogens is 3. The van der Waals surface area contributed by atoms with E-state index < -0.39 is 11.9 Å². The second kappa shape index (κ2) is 4.21. The van der Waals surface area contributed by atoms with Gasteiger partial charge in [-0.2, -0.15) is 24.9 Å². The van der Waals surface area contributed by atoms with Crippen LogP contribution in [-0.4, -0.2) is 16.2 Å². The Morgan fingerprint density at radius 3 is 2.69 bits per heavy atom. The van der Waals surface area contributed by atoms with Gasteiger partial charge in [-0.25, -0.2) is 9.97 Å². The molecule has 2 rings (SSSR count). The quantitative estimate of drug-likeness (QED) is 0.869. The summed E-state index contributed by atoms with van der Waals surface area (Å²) >= 11 is 1.41. The fraction of sp³-hybridized carbons (Fsp3) is 0.556. The lowest BCUT2D eigenvalue weighted by Crippen LogP contribution is -2.15. The fourth-order valence-electron chi connectivity index (χ4n) is 1.65. The average molecular weight is 249 g/mol. The number of thioether (sulfide) groups is 1. The summed E-state index contributed by atoms with van der Waals surface area (Å²) in [6, 6.07) is 0. The zero-order valence-corrected chi connectivity index (χ0v) is 9.37. The van der Waals surface area contributed by atoms with Crippen molar-refractivity contribution >= 4 is 11.8 Å². The molecule has 0 radical (unpaired) electrons. The van der Waals surface area contributed by atoms with Gasteiger partial charge in [-0.05, 0) is 6.26 Å². The van der Waals surface area contributed by atoms with Gasteiger partial charge in [0.15, 0.2) is 5.69 Å². The van der Waals surface area contributed by atoms with Crippen molar-refractivity contribution < 1.29 is 13.2 Å².